The van der Waals surface area contributed by atoms with Crippen LogP contribution in [0.4, 0.5) is 10.5 Å². The average molecular weight is 832 g/mol. The van der Waals surface area contributed by atoms with Crippen molar-refractivity contribution in [3.05, 3.63) is 137 Å². The molecule has 7 rings (SSSR count). The quantitative estimate of drug-likeness (QED) is 0.0428. The van der Waals surface area contributed by atoms with Crippen LogP contribution in [-0.4, -0.2) is 77.6 Å². The fourth-order valence-corrected chi connectivity index (χ4v) is 9.32. The normalized spacial score (nSPS) is 23.1. The van der Waals surface area contributed by atoms with Crippen molar-refractivity contribution in [3.8, 4) is 34.1 Å². The van der Waals surface area contributed by atoms with E-state index in [1.54, 1.807) is 13.1 Å². The van der Waals surface area contributed by atoms with Crippen molar-refractivity contribution < 1.29 is 43.7 Å². The first-order valence-corrected chi connectivity index (χ1v) is 20.8. The maximum Gasteiger partial charge on any atom is 0.415 e. The molecule has 1 heterocycles. The van der Waals surface area contributed by atoms with E-state index in [1.165, 1.54) is 36.3 Å². The van der Waals surface area contributed by atoms with Crippen molar-refractivity contribution in [1.29, 1.82) is 0 Å². The Kier molecular flexibility index (Phi) is 13.8. The Morgan fingerprint density at radius 2 is 1.61 bits per heavy atom. The number of aliphatic hydroxyl groups is 2. The Morgan fingerprint density at radius 3 is 2.28 bits per heavy atom. The summed E-state index contributed by atoms with van der Waals surface area (Å²) in [7, 11) is 3.11. The molecule has 1 aliphatic heterocycles. The highest BCUT2D eigenvalue weighted by Gasteiger charge is 2.65. The van der Waals surface area contributed by atoms with Gasteiger partial charge in [-0.05, 0) is 96.7 Å². The van der Waals surface area contributed by atoms with E-state index in [9.17, 15) is 25.1 Å². The van der Waals surface area contributed by atoms with Crippen molar-refractivity contribution in [2.24, 2.45) is 22.9 Å². The zero-order chi connectivity index (χ0) is 42.9. The molecule has 0 saturated heterocycles. The lowest BCUT2D eigenvalue weighted by Crippen LogP contribution is -2.69. The number of nitro benzene ring substituents is 1. The highest BCUT2D eigenvalue weighted by atomic mass is 16.7. The van der Waals surface area contributed by atoms with Gasteiger partial charge in [-0.1, -0.05) is 72.6 Å². The number of carbonyl (C=O) groups excluding carboxylic acids is 1. The molecule has 1 fully saturated rings. The summed E-state index contributed by atoms with van der Waals surface area (Å²) < 4.78 is 26.4. The number of carbonyl (C=O) groups is 1. The second-order valence-corrected chi connectivity index (χ2v) is 15.7. The number of oxime groups is 1. The summed E-state index contributed by atoms with van der Waals surface area (Å²) >= 11 is 0. The molecule has 320 valence electrons. The molecule has 6 unspecified atom stereocenters. The molecule has 0 aromatic heterocycles. The summed E-state index contributed by atoms with van der Waals surface area (Å²) in [6.07, 6.45) is 7.82. The van der Waals surface area contributed by atoms with Crippen LogP contribution < -0.4 is 14.2 Å². The maximum atomic E-state index is 14.1. The van der Waals surface area contributed by atoms with Crippen LogP contribution in [0.25, 0.3) is 11.1 Å². The third-order valence-electron chi connectivity index (χ3n) is 12.1. The number of likely N-dealkylation sites (N-methyl/N-ethyl adjacent to an activating group) is 1. The van der Waals surface area contributed by atoms with Crippen LogP contribution in [0.3, 0.4) is 0 Å². The first-order valence-electron chi connectivity index (χ1n) is 20.8. The molecule has 3 aliphatic rings. The number of rotatable bonds is 18. The van der Waals surface area contributed by atoms with Gasteiger partial charge in [-0.15, -0.1) is 6.58 Å². The molecular formula is C48H53N3O10. The molecule has 13 nitrogen and oxygen atoms in total. The standard InChI is InChI=1S/C48H53N3O10/c1-4-28-58-48-44(50(2)47(54)60-37-22-18-35(19-23-37)51(55)56)31-42(49-57-3)40-29-34(14-8-10-26-52)39(15-9-11-27-53)45(46(40)48)41-30-38(24-25-43(41)61-48)59-36-20-16-33(17-21-36)32-12-6-5-7-13-32/h4-7,12-13,16-25,29-30,34,39,44-46,52-53H,1,8-11,14-15,26-28,31H2,2-3H3. The van der Waals surface area contributed by atoms with Gasteiger partial charge in [-0.25, -0.2) is 4.79 Å². The Bertz CT molecular complexity index is 2210. The van der Waals surface area contributed by atoms with Gasteiger partial charge in [0.1, 0.15) is 36.1 Å². The summed E-state index contributed by atoms with van der Waals surface area (Å²) in [5.41, 5.74) is 4.49. The lowest BCUT2D eigenvalue weighted by atomic mass is 9.55. The minimum atomic E-state index is -1.48. The summed E-state index contributed by atoms with van der Waals surface area (Å²) in [4.78, 5) is 31.8. The van der Waals surface area contributed by atoms with Gasteiger partial charge in [-0.2, -0.15) is 0 Å². The fourth-order valence-electron chi connectivity index (χ4n) is 9.32. The molecule has 61 heavy (non-hydrogen) atoms. The lowest BCUT2D eigenvalue weighted by Gasteiger charge is -2.59. The largest absolute Gasteiger partial charge is 0.459 e. The highest BCUT2D eigenvalue weighted by Crippen LogP contribution is 2.62. The van der Waals surface area contributed by atoms with Crippen molar-refractivity contribution in [3.63, 3.8) is 0 Å². The molecule has 1 amide bonds. The van der Waals surface area contributed by atoms with E-state index in [0.717, 1.165) is 47.9 Å². The molecule has 4 aromatic carbocycles. The Hall–Kier alpha value is -6.02. The maximum absolute atomic E-state index is 14.1. The molecule has 0 spiro atoms. The van der Waals surface area contributed by atoms with Crippen molar-refractivity contribution >= 4 is 17.5 Å². The number of hydrogen-bond donors (Lipinski definition) is 2. The predicted octanol–water partition coefficient (Wildman–Crippen LogP) is 9.45. The van der Waals surface area contributed by atoms with Gasteiger partial charge in [-0.3, -0.25) is 10.1 Å². The van der Waals surface area contributed by atoms with Gasteiger partial charge in [0.25, 0.3) is 5.69 Å². The fraction of sp³-hybridized carbons (Fsp3) is 0.375. The second kappa shape index (κ2) is 19.6. The molecule has 0 radical (unpaired) electrons. The molecule has 6 atom stereocenters. The number of amides is 1. The van der Waals surface area contributed by atoms with E-state index in [2.05, 4.69) is 29.9 Å². The Morgan fingerprint density at radius 1 is 0.934 bits per heavy atom. The minimum absolute atomic E-state index is 0.0219. The minimum Gasteiger partial charge on any atom is -0.459 e. The zero-order valence-corrected chi connectivity index (χ0v) is 34.6. The third-order valence-corrected chi connectivity index (χ3v) is 12.1. The number of non-ortho nitro benzene ring substituents is 1. The molecule has 13 heteroatoms. The monoisotopic (exact) mass is 831 g/mol. The third kappa shape index (κ3) is 9.19. The summed E-state index contributed by atoms with van der Waals surface area (Å²) in [6.45, 7) is 4.22. The first-order chi connectivity index (χ1) is 29.7. The van der Waals surface area contributed by atoms with Crippen LogP contribution in [0.5, 0.6) is 23.0 Å². The molecular weight excluding hydrogens is 779 g/mol. The van der Waals surface area contributed by atoms with Gasteiger partial charge in [0, 0.05) is 50.3 Å². The number of benzene rings is 4. The van der Waals surface area contributed by atoms with Gasteiger partial charge < -0.3 is 38.9 Å². The van der Waals surface area contributed by atoms with E-state index < -0.39 is 28.8 Å². The zero-order valence-electron chi connectivity index (χ0n) is 34.6. The van der Waals surface area contributed by atoms with Crippen molar-refractivity contribution in [2.75, 3.05) is 34.0 Å². The molecule has 0 bridgehead atoms. The van der Waals surface area contributed by atoms with Crippen LogP contribution in [0, 0.1) is 27.9 Å². The van der Waals surface area contributed by atoms with Crippen molar-refractivity contribution in [1.82, 2.24) is 4.90 Å². The number of nitrogens with zero attached hydrogens (tertiary/aromatic N) is 3. The van der Waals surface area contributed by atoms with Crippen LogP contribution in [0.1, 0.15) is 56.4 Å². The highest BCUT2D eigenvalue weighted by molar-refractivity contribution is 6.03. The number of fused-ring (bicyclic) bond motifs is 2. The SMILES string of the molecule is C=CCOC12Oc3ccc(Oc4ccc(-c5ccccc5)cc4)cc3C3C(CCCCO)C(CCCCO)C=C(C(=NOC)CC1N(C)C(=O)Oc1ccc([N+](=O)[O-])cc1)C32. The number of unbranched alkanes of at least 4 members (excludes halogenated alkanes) is 2. The number of ether oxygens (including phenoxy) is 4. The molecule has 2 aliphatic carbocycles. The van der Waals surface area contributed by atoms with Crippen molar-refractivity contribution in [2.45, 2.75) is 62.7 Å². The Balaban J connectivity index is 1.34. The first kappa shape index (κ1) is 43.1. The van der Waals surface area contributed by atoms with E-state index in [-0.39, 0.29) is 55.4 Å². The van der Waals surface area contributed by atoms with E-state index in [0.29, 0.717) is 35.8 Å². The topological polar surface area (TPSA) is 162 Å². The summed E-state index contributed by atoms with van der Waals surface area (Å²) in [6, 6.07) is 28.4. The van der Waals surface area contributed by atoms with Crippen LogP contribution in [0.15, 0.2) is 127 Å². The van der Waals surface area contributed by atoms with Gasteiger partial charge in [0.15, 0.2) is 0 Å². The van der Waals surface area contributed by atoms with Crippen LogP contribution in [-0.2, 0) is 9.57 Å². The predicted molar refractivity (Wildman–Crippen MR) is 231 cm³/mol. The van der Waals surface area contributed by atoms with E-state index in [4.69, 9.17) is 23.8 Å². The van der Waals surface area contributed by atoms with Gasteiger partial charge in [0.2, 0.25) is 5.79 Å². The second-order valence-electron chi connectivity index (χ2n) is 15.7. The number of aliphatic hydroxyl groups excluding tert-OH is 2. The number of allylic oxidation sites excluding steroid dienone is 1. The Labute approximate surface area is 356 Å². The summed E-state index contributed by atoms with van der Waals surface area (Å²) in [5, 5.41) is 35.6. The molecule has 2 N–H and O–H groups in total. The molecule has 4 aromatic rings. The lowest BCUT2D eigenvalue weighted by molar-refractivity contribution is -0.384. The van der Waals surface area contributed by atoms with E-state index >= 15 is 0 Å². The summed E-state index contributed by atoms with van der Waals surface area (Å²) in [5.74, 6) is -0.160. The smallest absolute Gasteiger partial charge is 0.415 e. The van der Waals surface area contributed by atoms with E-state index in [1.807, 2.05) is 60.7 Å². The van der Waals surface area contributed by atoms with Gasteiger partial charge in [0.05, 0.1) is 23.2 Å². The van der Waals surface area contributed by atoms with Gasteiger partial charge >= 0.3 is 6.09 Å². The number of hydrogen-bond acceptors (Lipinski definition) is 11. The molecule has 1 saturated carbocycles. The van der Waals surface area contributed by atoms with Crippen LogP contribution >= 0.6 is 0 Å². The average Bonchev–Trinajstić information content (AvgIpc) is 3.28. The number of nitro groups is 1. The van der Waals surface area contributed by atoms with Crippen LogP contribution in [0.2, 0.25) is 0 Å².